The maximum Gasteiger partial charge on any atom is 0.267 e. The first-order valence-electron chi connectivity index (χ1n) is 7.87. The molecule has 0 radical (unpaired) electrons. The van der Waals surface area contributed by atoms with Crippen LogP contribution >= 0.6 is 27.7 Å². The summed E-state index contributed by atoms with van der Waals surface area (Å²) in [4.78, 5) is 22.1. The second kappa shape index (κ2) is 6.31. The Kier molecular flexibility index (Phi) is 4.13. The second-order valence-corrected chi connectivity index (χ2v) is 7.86. The van der Waals surface area contributed by atoms with Gasteiger partial charge in [-0.2, -0.15) is 0 Å². The average molecular weight is 415 g/mol. The molecule has 0 amide bonds. The van der Waals surface area contributed by atoms with Gasteiger partial charge in [-0.15, -0.1) is 11.8 Å². The zero-order valence-corrected chi connectivity index (χ0v) is 16.1. The molecule has 3 heterocycles. The highest BCUT2D eigenvalue weighted by molar-refractivity contribution is 9.10. The molecule has 0 fully saturated rings. The highest BCUT2D eigenvalue weighted by Crippen LogP contribution is 2.28. The minimum Gasteiger partial charge on any atom is -0.292 e. The van der Waals surface area contributed by atoms with Crippen LogP contribution < -0.4 is 5.56 Å². The van der Waals surface area contributed by atoms with Crippen molar-refractivity contribution in [2.75, 3.05) is 5.75 Å². The molecule has 25 heavy (non-hydrogen) atoms. The van der Waals surface area contributed by atoms with Crippen LogP contribution in [0.25, 0.3) is 22.4 Å². The normalized spacial score (nSPS) is 11.5. The van der Waals surface area contributed by atoms with Gasteiger partial charge in [0.25, 0.3) is 5.56 Å². The van der Waals surface area contributed by atoms with Gasteiger partial charge in [-0.25, -0.2) is 14.5 Å². The van der Waals surface area contributed by atoms with E-state index < -0.39 is 0 Å². The highest BCUT2D eigenvalue weighted by Gasteiger charge is 2.17. The van der Waals surface area contributed by atoms with Crippen LogP contribution in [-0.4, -0.2) is 24.7 Å². The summed E-state index contributed by atoms with van der Waals surface area (Å²) in [5.41, 5.74) is 2.48. The summed E-state index contributed by atoms with van der Waals surface area (Å²) < 4.78 is 4.50. The van der Waals surface area contributed by atoms with Crippen molar-refractivity contribution in [1.82, 2.24) is 18.9 Å². The molecule has 0 aliphatic rings. The van der Waals surface area contributed by atoms with E-state index >= 15 is 0 Å². The Bertz CT molecular complexity index is 1170. The van der Waals surface area contributed by atoms with E-state index in [0.29, 0.717) is 16.7 Å². The average Bonchev–Trinajstić information content (AvgIpc) is 2.93. The lowest BCUT2D eigenvalue weighted by atomic mass is 10.2. The fourth-order valence-corrected chi connectivity index (χ4v) is 3.96. The van der Waals surface area contributed by atoms with Crippen LogP contribution in [0.15, 0.2) is 57.1 Å². The summed E-state index contributed by atoms with van der Waals surface area (Å²) in [6, 6.07) is 9.55. The quantitative estimate of drug-likeness (QED) is 0.471. The highest BCUT2D eigenvalue weighted by atomic mass is 79.9. The van der Waals surface area contributed by atoms with Crippen LogP contribution in [0.2, 0.25) is 0 Å². The Hall–Kier alpha value is -2.12. The number of aromatic nitrogens is 4. The number of fused-ring (bicyclic) bond motifs is 2. The molecule has 0 atom stereocenters. The van der Waals surface area contributed by atoms with Crippen molar-refractivity contribution in [2.24, 2.45) is 0 Å². The van der Waals surface area contributed by atoms with Crippen LogP contribution in [0.5, 0.6) is 0 Å². The Morgan fingerprint density at radius 1 is 1.24 bits per heavy atom. The van der Waals surface area contributed by atoms with E-state index in [1.807, 2.05) is 47.9 Å². The first-order chi connectivity index (χ1) is 12.1. The number of halogens is 1. The van der Waals surface area contributed by atoms with Crippen LogP contribution in [0.3, 0.4) is 0 Å². The van der Waals surface area contributed by atoms with Crippen LogP contribution in [0.4, 0.5) is 0 Å². The molecule has 0 saturated carbocycles. The molecule has 4 rings (SSSR count). The van der Waals surface area contributed by atoms with Crippen molar-refractivity contribution in [2.45, 2.75) is 18.9 Å². The van der Waals surface area contributed by atoms with E-state index in [0.717, 1.165) is 26.5 Å². The standard InChI is InChI=1S/C18H15BrN4OS/c1-3-25-18-16(21-15-7-5-12(19)9-22(15)18)23-10-20-14-8-11(2)4-6-13(14)17(23)24/h4-10H,3H2,1-2H3. The Labute approximate surface area is 156 Å². The van der Waals surface area contributed by atoms with Crippen molar-refractivity contribution in [3.63, 3.8) is 0 Å². The van der Waals surface area contributed by atoms with Crippen molar-refractivity contribution in [3.8, 4) is 5.82 Å². The van der Waals surface area contributed by atoms with E-state index in [9.17, 15) is 4.79 Å². The van der Waals surface area contributed by atoms with E-state index in [4.69, 9.17) is 0 Å². The monoisotopic (exact) mass is 414 g/mol. The zero-order chi connectivity index (χ0) is 17.6. The van der Waals surface area contributed by atoms with Crippen molar-refractivity contribution in [3.05, 3.63) is 63.2 Å². The summed E-state index contributed by atoms with van der Waals surface area (Å²) in [7, 11) is 0. The van der Waals surface area contributed by atoms with Crippen LogP contribution in [0, 0.1) is 6.92 Å². The molecule has 7 heteroatoms. The Morgan fingerprint density at radius 3 is 2.88 bits per heavy atom. The van der Waals surface area contributed by atoms with Gasteiger partial charge < -0.3 is 0 Å². The number of imidazole rings is 1. The first kappa shape index (κ1) is 16.4. The number of hydrogen-bond acceptors (Lipinski definition) is 4. The van der Waals surface area contributed by atoms with Gasteiger partial charge in [0.1, 0.15) is 17.0 Å². The molecule has 5 nitrogen and oxygen atoms in total. The summed E-state index contributed by atoms with van der Waals surface area (Å²) >= 11 is 5.15. The van der Waals surface area contributed by atoms with Gasteiger partial charge in [0, 0.05) is 10.7 Å². The molecule has 1 aromatic carbocycles. The van der Waals surface area contributed by atoms with Gasteiger partial charge in [0.15, 0.2) is 5.82 Å². The van der Waals surface area contributed by atoms with Gasteiger partial charge in [-0.3, -0.25) is 9.20 Å². The Morgan fingerprint density at radius 2 is 2.08 bits per heavy atom. The van der Waals surface area contributed by atoms with Gasteiger partial charge in [0.2, 0.25) is 0 Å². The summed E-state index contributed by atoms with van der Waals surface area (Å²) in [5.74, 6) is 1.49. The number of aryl methyl sites for hydroxylation is 1. The molecule has 0 saturated heterocycles. The number of nitrogens with zero attached hydrogens (tertiary/aromatic N) is 4. The molecule has 0 aliphatic carbocycles. The predicted molar refractivity (Wildman–Crippen MR) is 105 cm³/mol. The van der Waals surface area contributed by atoms with Gasteiger partial charge in [-0.05, 0) is 58.4 Å². The van der Waals surface area contributed by atoms with Gasteiger partial charge in [-0.1, -0.05) is 13.0 Å². The van der Waals surface area contributed by atoms with E-state index in [-0.39, 0.29) is 5.56 Å². The molecule has 0 aliphatic heterocycles. The molecular formula is C18H15BrN4OS. The van der Waals surface area contributed by atoms with E-state index in [1.165, 1.54) is 4.57 Å². The van der Waals surface area contributed by atoms with E-state index in [1.54, 1.807) is 18.1 Å². The van der Waals surface area contributed by atoms with Gasteiger partial charge >= 0.3 is 0 Å². The minimum absolute atomic E-state index is 0.106. The van der Waals surface area contributed by atoms with Crippen LogP contribution in [-0.2, 0) is 0 Å². The number of rotatable bonds is 3. The van der Waals surface area contributed by atoms with E-state index in [2.05, 4.69) is 32.8 Å². The van der Waals surface area contributed by atoms with Gasteiger partial charge in [0.05, 0.1) is 10.9 Å². The molecule has 4 aromatic rings. The lowest BCUT2D eigenvalue weighted by molar-refractivity contribution is 0.892. The SMILES string of the molecule is CCSc1c(-n2cnc3cc(C)ccc3c2=O)nc2ccc(Br)cn12. The lowest BCUT2D eigenvalue weighted by Gasteiger charge is -2.07. The summed E-state index contributed by atoms with van der Waals surface area (Å²) in [6.45, 7) is 4.07. The van der Waals surface area contributed by atoms with Crippen LogP contribution in [0.1, 0.15) is 12.5 Å². The summed E-state index contributed by atoms with van der Waals surface area (Å²) in [5, 5.41) is 1.52. The molecule has 0 spiro atoms. The topological polar surface area (TPSA) is 52.2 Å². The van der Waals surface area contributed by atoms with Crippen molar-refractivity contribution < 1.29 is 0 Å². The third-order valence-electron chi connectivity index (χ3n) is 3.95. The smallest absolute Gasteiger partial charge is 0.267 e. The Balaban J connectivity index is 2.02. The predicted octanol–water partition coefficient (Wildman–Crippen LogP) is 4.22. The lowest BCUT2D eigenvalue weighted by Crippen LogP contribution is -2.19. The molecular weight excluding hydrogens is 400 g/mol. The first-order valence-corrected chi connectivity index (χ1v) is 9.65. The second-order valence-electron chi connectivity index (χ2n) is 5.69. The largest absolute Gasteiger partial charge is 0.292 e. The number of benzene rings is 1. The minimum atomic E-state index is -0.106. The van der Waals surface area contributed by atoms with Crippen molar-refractivity contribution in [1.29, 1.82) is 0 Å². The fourth-order valence-electron chi connectivity index (χ4n) is 2.79. The maximum atomic E-state index is 13.0. The maximum absolute atomic E-state index is 13.0. The molecule has 0 unspecified atom stereocenters. The van der Waals surface area contributed by atoms with Crippen molar-refractivity contribution >= 4 is 44.2 Å². The summed E-state index contributed by atoms with van der Waals surface area (Å²) in [6.07, 6.45) is 3.54. The third kappa shape index (κ3) is 2.77. The molecule has 126 valence electrons. The molecule has 0 bridgehead atoms. The third-order valence-corrected chi connectivity index (χ3v) is 5.36. The number of thioether (sulfide) groups is 1. The fraction of sp³-hybridized carbons (Fsp3) is 0.167. The molecule has 0 N–H and O–H groups in total. The molecule has 3 aromatic heterocycles. The zero-order valence-electron chi connectivity index (χ0n) is 13.7. The number of hydrogen-bond donors (Lipinski definition) is 0. The number of pyridine rings is 1.